The van der Waals surface area contributed by atoms with Crippen molar-refractivity contribution < 1.29 is 9.47 Å². The van der Waals surface area contributed by atoms with Crippen molar-refractivity contribution >= 4 is 5.96 Å². The number of rotatable bonds is 7. The van der Waals surface area contributed by atoms with Crippen LogP contribution in [0.5, 0.6) is 0 Å². The molecule has 1 aromatic rings. The first kappa shape index (κ1) is 19.2. The fourth-order valence-electron chi connectivity index (χ4n) is 3.73. The smallest absolute Gasteiger partial charge is 0.194 e. The number of aliphatic imine (C=N–C) groups is 1. The first-order valence-electron chi connectivity index (χ1n) is 9.98. The number of aromatic nitrogens is 2. The summed E-state index contributed by atoms with van der Waals surface area (Å²) < 4.78 is 13.5. The van der Waals surface area contributed by atoms with E-state index in [0.29, 0.717) is 31.7 Å². The van der Waals surface area contributed by atoms with E-state index in [2.05, 4.69) is 39.8 Å². The Morgan fingerprint density at radius 3 is 3.08 bits per heavy atom. The second kappa shape index (κ2) is 9.92. The average Bonchev–Trinajstić information content (AvgIpc) is 3.35. The van der Waals surface area contributed by atoms with E-state index in [1.165, 1.54) is 0 Å². The number of piperidine rings is 1. The number of nitrogens with zero attached hydrogens (tertiary/aromatic N) is 4. The molecule has 3 rings (SSSR count). The van der Waals surface area contributed by atoms with Gasteiger partial charge in [-0.05, 0) is 32.1 Å². The fraction of sp³-hybridized carbons (Fsp3) is 0.789. The van der Waals surface area contributed by atoms with Crippen molar-refractivity contribution in [3.8, 4) is 0 Å². The molecular weight excluding hydrogens is 330 g/mol. The second-order valence-electron chi connectivity index (χ2n) is 7.23. The first-order valence-corrected chi connectivity index (χ1v) is 9.98. The Kier molecular flexibility index (Phi) is 7.32. The van der Waals surface area contributed by atoms with Gasteiger partial charge in [0.1, 0.15) is 0 Å². The Morgan fingerprint density at radius 2 is 2.35 bits per heavy atom. The van der Waals surface area contributed by atoms with Gasteiger partial charge in [0, 0.05) is 38.6 Å². The number of nitrogens with one attached hydrogen (secondary N) is 1. The molecule has 0 aromatic carbocycles. The van der Waals surface area contributed by atoms with E-state index in [0.717, 1.165) is 51.5 Å². The van der Waals surface area contributed by atoms with Crippen LogP contribution < -0.4 is 5.32 Å². The number of ether oxygens (including phenoxy) is 2. The topological polar surface area (TPSA) is 63.9 Å². The molecule has 2 aliphatic heterocycles. The number of hydrogen-bond donors (Lipinski definition) is 1. The van der Waals surface area contributed by atoms with E-state index in [9.17, 15) is 0 Å². The Hall–Kier alpha value is -1.60. The second-order valence-corrected chi connectivity index (χ2v) is 7.23. The lowest BCUT2D eigenvalue weighted by Gasteiger charge is -2.39. The molecule has 3 atom stereocenters. The van der Waals surface area contributed by atoms with Crippen LogP contribution in [0.3, 0.4) is 0 Å². The van der Waals surface area contributed by atoms with Crippen molar-refractivity contribution in [2.75, 3.05) is 46.0 Å². The Labute approximate surface area is 156 Å². The SMILES string of the molecule is CCNC(=NCCOCC1CCCO1)N1CCC(C)C(n2ccnc2)C1. The van der Waals surface area contributed by atoms with Crippen LogP contribution in [0.2, 0.25) is 0 Å². The van der Waals surface area contributed by atoms with Crippen LogP contribution >= 0.6 is 0 Å². The van der Waals surface area contributed by atoms with Gasteiger partial charge < -0.3 is 24.3 Å². The van der Waals surface area contributed by atoms with Crippen LogP contribution in [0, 0.1) is 5.92 Å². The van der Waals surface area contributed by atoms with Crippen LogP contribution in [-0.2, 0) is 9.47 Å². The van der Waals surface area contributed by atoms with Gasteiger partial charge in [-0.2, -0.15) is 0 Å². The number of imidazole rings is 1. The predicted octanol–water partition coefficient (Wildman–Crippen LogP) is 1.93. The molecule has 0 saturated carbocycles. The van der Waals surface area contributed by atoms with E-state index in [1.807, 2.05) is 12.5 Å². The Bertz CT molecular complexity index is 542. The van der Waals surface area contributed by atoms with Crippen molar-refractivity contribution in [3.05, 3.63) is 18.7 Å². The van der Waals surface area contributed by atoms with Gasteiger partial charge >= 0.3 is 0 Å². The van der Waals surface area contributed by atoms with Crippen molar-refractivity contribution in [2.45, 2.75) is 45.3 Å². The summed E-state index contributed by atoms with van der Waals surface area (Å²) in [5, 5.41) is 3.44. The minimum absolute atomic E-state index is 0.284. The summed E-state index contributed by atoms with van der Waals surface area (Å²) in [6.45, 7) is 10.2. The van der Waals surface area contributed by atoms with E-state index >= 15 is 0 Å². The third-order valence-electron chi connectivity index (χ3n) is 5.29. The highest BCUT2D eigenvalue weighted by Gasteiger charge is 2.28. The molecule has 2 saturated heterocycles. The maximum absolute atomic E-state index is 5.74. The summed E-state index contributed by atoms with van der Waals surface area (Å²) >= 11 is 0. The molecule has 0 amide bonds. The molecule has 0 aliphatic carbocycles. The maximum atomic E-state index is 5.74. The third-order valence-corrected chi connectivity index (χ3v) is 5.29. The molecule has 1 N–H and O–H groups in total. The molecule has 146 valence electrons. The normalized spacial score (nSPS) is 27.1. The predicted molar refractivity (Wildman–Crippen MR) is 102 cm³/mol. The van der Waals surface area contributed by atoms with Gasteiger partial charge in [0.2, 0.25) is 0 Å². The fourth-order valence-corrected chi connectivity index (χ4v) is 3.73. The van der Waals surface area contributed by atoms with E-state index in [-0.39, 0.29) is 6.10 Å². The van der Waals surface area contributed by atoms with Crippen molar-refractivity contribution in [1.29, 1.82) is 0 Å². The summed E-state index contributed by atoms with van der Waals surface area (Å²) in [5.41, 5.74) is 0. The van der Waals surface area contributed by atoms with Gasteiger partial charge in [-0.1, -0.05) is 6.92 Å². The molecule has 2 aliphatic rings. The monoisotopic (exact) mass is 363 g/mol. The van der Waals surface area contributed by atoms with Crippen molar-refractivity contribution in [2.24, 2.45) is 10.9 Å². The molecular formula is C19H33N5O2. The van der Waals surface area contributed by atoms with Gasteiger partial charge in [-0.3, -0.25) is 4.99 Å². The molecule has 3 heterocycles. The van der Waals surface area contributed by atoms with Gasteiger partial charge in [0.15, 0.2) is 5.96 Å². The minimum Gasteiger partial charge on any atom is -0.377 e. The third kappa shape index (κ3) is 5.20. The van der Waals surface area contributed by atoms with E-state index < -0.39 is 0 Å². The highest BCUT2D eigenvalue weighted by molar-refractivity contribution is 5.80. The van der Waals surface area contributed by atoms with Gasteiger partial charge in [-0.15, -0.1) is 0 Å². The van der Waals surface area contributed by atoms with E-state index in [1.54, 1.807) is 0 Å². The molecule has 0 spiro atoms. The van der Waals surface area contributed by atoms with E-state index in [4.69, 9.17) is 14.5 Å². The molecule has 0 bridgehead atoms. The number of hydrogen-bond acceptors (Lipinski definition) is 4. The lowest BCUT2D eigenvalue weighted by molar-refractivity contribution is 0.0199. The van der Waals surface area contributed by atoms with Crippen LogP contribution in [0.1, 0.15) is 39.2 Å². The lowest BCUT2D eigenvalue weighted by atomic mass is 9.93. The highest BCUT2D eigenvalue weighted by Crippen LogP contribution is 2.27. The zero-order valence-corrected chi connectivity index (χ0v) is 16.1. The molecule has 1 aromatic heterocycles. The molecule has 26 heavy (non-hydrogen) atoms. The summed E-state index contributed by atoms with van der Waals surface area (Å²) in [6, 6.07) is 0.436. The lowest BCUT2D eigenvalue weighted by Crippen LogP contribution is -2.49. The molecule has 0 radical (unpaired) electrons. The van der Waals surface area contributed by atoms with Crippen molar-refractivity contribution in [3.63, 3.8) is 0 Å². The molecule has 2 fully saturated rings. The summed E-state index contributed by atoms with van der Waals surface area (Å²) in [6.07, 6.45) is 9.56. The largest absolute Gasteiger partial charge is 0.377 e. The molecule has 7 nitrogen and oxygen atoms in total. The van der Waals surface area contributed by atoms with Crippen LogP contribution in [0.4, 0.5) is 0 Å². The molecule has 3 unspecified atom stereocenters. The number of likely N-dealkylation sites (tertiary alicyclic amines) is 1. The van der Waals surface area contributed by atoms with Gasteiger partial charge in [0.05, 0.1) is 38.2 Å². The van der Waals surface area contributed by atoms with Crippen molar-refractivity contribution in [1.82, 2.24) is 19.8 Å². The first-order chi connectivity index (χ1) is 12.8. The van der Waals surface area contributed by atoms with Crippen LogP contribution in [-0.4, -0.2) is 72.5 Å². The van der Waals surface area contributed by atoms with Crippen LogP contribution in [0.25, 0.3) is 0 Å². The Morgan fingerprint density at radius 1 is 1.42 bits per heavy atom. The minimum atomic E-state index is 0.284. The zero-order valence-electron chi connectivity index (χ0n) is 16.1. The maximum Gasteiger partial charge on any atom is 0.194 e. The highest BCUT2D eigenvalue weighted by atomic mass is 16.5. The molecule has 7 heteroatoms. The zero-order chi connectivity index (χ0) is 18.2. The quantitative estimate of drug-likeness (QED) is 0.456. The van der Waals surface area contributed by atoms with Crippen LogP contribution in [0.15, 0.2) is 23.7 Å². The summed E-state index contributed by atoms with van der Waals surface area (Å²) in [5.74, 6) is 1.63. The summed E-state index contributed by atoms with van der Waals surface area (Å²) in [7, 11) is 0. The number of guanidine groups is 1. The summed E-state index contributed by atoms with van der Waals surface area (Å²) in [4.78, 5) is 11.4. The standard InChI is InChI=1S/C19H33N5O2/c1-3-21-19(22-8-12-25-14-17-5-4-11-26-17)23-9-6-16(2)18(13-23)24-10-7-20-15-24/h7,10,15-18H,3-6,8-9,11-14H2,1-2H3,(H,21,22). The van der Waals surface area contributed by atoms with Gasteiger partial charge in [0.25, 0.3) is 0 Å². The van der Waals surface area contributed by atoms with Gasteiger partial charge in [-0.25, -0.2) is 4.98 Å². The Balaban J connectivity index is 1.50. The average molecular weight is 364 g/mol.